The van der Waals surface area contributed by atoms with Crippen molar-refractivity contribution in [3.8, 4) is 0 Å². The van der Waals surface area contributed by atoms with E-state index in [1.165, 1.54) is 0 Å². The Labute approximate surface area is 109 Å². The molecule has 0 fully saturated rings. The van der Waals surface area contributed by atoms with Gasteiger partial charge in [0.15, 0.2) is 5.69 Å². The fraction of sp³-hybridized carbons (Fsp3) is 0.0714. The fourth-order valence-corrected chi connectivity index (χ4v) is 1.99. The third kappa shape index (κ3) is 2.18. The van der Waals surface area contributed by atoms with Gasteiger partial charge in [-0.2, -0.15) is 5.10 Å². The summed E-state index contributed by atoms with van der Waals surface area (Å²) in [7, 11) is 0. The lowest BCUT2D eigenvalue weighted by Gasteiger charge is -2.05. The van der Waals surface area contributed by atoms with Crippen molar-refractivity contribution in [2.45, 2.75) is 6.54 Å². The molecule has 2 N–H and O–H groups in total. The second-order valence-electron chi connectivity index (χ2n) is 4.18. The van der Waals surface area contributed by atoms with E-state index in [1.54, 1.807) is 17.1 Å². The maximum atomic E-state index is 11.0. The highest BCUT2D eigenvalue weighted by Crippen LogP contribution is 2.16. The van der Waals surface area contributed by atoms with Crippen LogP contribution >= 0.6 is 0 Å². The topological polar surface area (TPSA) is 73.8 Å². The molecular weight excluding hydrogens is 240 g/mol. The molecule has 0 saturated heterocycles. The van der Waals surface area contributed by atoms with Crippen LogP contribution in [0.5, 0.6) is 0 Å². The van der Waals surface area contributed by atoms with E-state index in [1.807, 2.05) is 30.3 Å². The van der Waals surface area contributed by atoms with Crippen molar-refractivity contribution in [2.75, 3.05) is 0 Å². The molecule has 5 nitrogen and oxygen atoms in total. The first-order valence-electron chi connectivity index (χ1n) is 5.81. The van der Waals surface area contributed by atoms with E-state index in [9.17, 15) is 4.79 Å². The summed E-state index contributed by atoms with van der Waals surface area (Å²) < 4.78 is 1.63. The van der Waals surface area contributed by atoms with Crippen molar-refractivity contribution in [3.63, 3.8) is 0 Å². The summed E-state index contributed by atoms with van der Waals surface area (Å²) in [6.07, 6.45) is 3.37. The number of aromatic nitrogens is 3. The van der Waals surface area contributed by atoms with Gasteiger partial charge in [0.05, 0.1) is 12.1 Å². The van der Waals surface area contributed by atoms with Gasteiger partial charge in [0.1, 0.15) is 0 Å². The summed E-state index contributed by atoms with van der Waals surface area (Å²) in [5.41, 5.74) is 7.26. The molecule has 0 bridgehead atoms. The lowest BCUT2D eigenvalue weighted by molar-refractivity contribution is 0.0994. The lowest BCUT2D eigenvalue weighted by atomic mass is 10.1. The number of nitrogens with zero attached hydrogens (tertiary/aromatic N) is 3. The van der Waals surface area contributed by atoms with Gasteiger partial charge in [-0.1, -0.05) is 24.3 Å². The van der Waals surface area contributed by atoms with Crippen LogP contribution in [0.1, 0.15) is 16.1 Å². The van der Waals surface area contributed by atoms with Crippen LogP contribution in [0.25, 0.3) is 10.9 Å². The van der Waals surface area contributed by atoms with Crippen LogP contribution in [0.15, 0.2) is 42.7 Å². The van der Waals surface area contributed by atoms with E-state index < -0.39 is 5.91 Å². The zero-order valence-electron chi connectivity index (χ0n) is 10.1. The Balaban J connectivity index is 1.98. The molecule has 1 radical (unpaired) electrons. The van der Waals surface area contributed by atoms with E-state index in [-0.39, 0.29) is 5.69 Å². The van der Waals surface area contributed by atoms with E-state index in [2.05, 4.69) is 16.1 Å². The standard InChI is InChI=1S/C14H11N4O/c15-14(19)12-6-8-18(17-12)9-11-4-1-3-10-5-2-7-16-13(10)11/h1-5,7-8H,9H2,(H2,15,19). The minimum Gasteiger partial charge on any atom is -0.364 e. The van der Waals surface area contributed by atoms with E-state index in [4.69, 9.17) is 5.73 Å². The van der Waals surface area contributed by atoms with Crippen molar-refractivity contribution in [1.29, 1.82) is 0 Å². The number of carbonyl (C=O) groups excluding carboxylic acids is 1. The molecule has 0 aliphatic carbocycles. The number of pyridine rings is 1. The molecule has 1 amide bonds. The molecule has 0 unspecified atom stereocenters. The maximum Gasteiger partial charge on any atom is 0.269 e. The summed E-state index contributed by atoms with van der Waals surface area (Å²) in [4.78, 5) is 15.4. The first-order valence-corrected chi connectivity index (χ1v) is 5.81. The molecule has 2 aromatic heterocycles. The van der Waals surface area contributed by atoms with Crippen LogP contribution in [0, 0.1) is 6.07 Å². The van der Waals surface area contributed by atoms with Gasteiger partial charge < -0.3 is 5.73 Å². The molecule has 19 heavy (non-hydrogen) atoms. The fourth-order valence-electron chi connectivity index (χ4n) is 1.99. The van der Waals surface area contributed by atoms with Crippen LogP contribution in [-0.2, 0) is 6.54 Å². The zero-order chi connectivity index (χ0) is 13.2. The van der Waals surface area contributed by atoms with E-state index >= 15 is 0 Å². The Morgan fingerprint density at radius 1 is 1.32 bits per heavy atom. The number of hydrogen-bond acceptors (Lipinski definition) is 3. The number of nitrogens with two attached hydrogens (primary N) is 1. The quantitative estimate of drug-likeness (QED) is 0.764. The number of fused-ring (bicyclic) bond motifs is 1. The average molecular weight is 251 g/mol. The molecule has 0 saturated carbocycles. The molecule has 0 aliphatic heterocycles. The number of benzene rings is 1. The average Bonchev–Trinajstić information content (AvgIpc) is 2.88. The summed E-state index contributed by atoms with van der Waals surface area (Å²) in [6, 6.07) is 12.6. The van der Waals surface area contributed by atoms with Crippen LogP contribution in [-0.4, -0.2) is 20.7 Å². The Kier molecular flexibility index (Phi) is 2.72. The van der Waals surface area contributed by atoms with Crippen molar-refractivity contribution in [2.24, 2.45) is 5.73 Å². The molecule has 5 heteroatoms. The molecule has 0 atom stereocenters. The van der Waals surface area contributed by atoms with E-state index in [0.717, 1.165) is 16.5 Å². The Hall–Kier alpha value is -2.69. The number of para-hydroxylation sites is 1. The third-order valence-corrected chi connectivity index (χ3v) is 2.86. The third-order valence-electron chi connectivity index (χ3n) is 2.86. The molecule has 2 heterocycles. The molecule has 3 rings (SSSR count). The molecule has 0 aliphatic rings. The van der Waals surface area contributed by atoms with Crippen LogP contribution in [0.4, 0.5) is 0 Å². The number of hydrogen-bond donors (Lipinski definition) is 1. The highest BCUT2D eigenvalue weighted by atomic mass is 16.1. The van der Waals surface area contributed by atoms with Gasteiger partial charge in [0, 0.05) is 23.8 Å². The number of carbonyl (C=O) groups is 1. The Bertz CT molecular complexity index is 743. The van der Waals surface area contributed by atoms with Gasteiger partial charge in [0.25, 0.3) is 5.91 Å². The summed E-state index contributed by atoms with van der Waals surface area (Å²) in [5, 5.41) is 5.15. The first kappa shape index (κ1) is 11.4. The van der Waals surface area contributed by atoms with Gasteiger partial charge >= 0.3 is 0 Å². The minimum absolute atomic E-state index is 0.146. The Morgan fingerprint density at radius 2 is 2.16 bits per heavy atom. The van der Waals surface area contributed by atoms with Crippen LogP contribution in [0.3, 0.4) is 0 Å². The molecule has 3 aromatic rings. The van der Waals surface area contributed by atoms with Gasteiger partial charge in [-0.25, -0.2) is 0 Å². The highest BCUT2D eigenvalue weighted by molar-refractivity contribution is 5.90. The molecule has 0 spiro atoms. The smallest absolute Gasteiger partial charge is 0.269 e. The van der Waals surface area contributed by atoms with Crippen LogP contribution < -0.4 is 5.73 Å². The number of rotatable bonds is 3. The monoisotopic (exact) mass is 251 g/mol. The van der Waals surface area contributed by atoms with Gasteiger partial charge in [-0.05, 0) is 11.6 Å². The minimum atomic E-state index is -0.574. The highest BCUT2D eigenvalue weighted by Gasteiger charge is 2.07. The van der Waals surface area contributed by atoms with Crippen molar-refractivity contribution < 1.29 is 4.79 Å². The lowest BCUT2D eigenvalue weighted by Crippen LogP contribution is -2.13. The number of primary amides is 1. The predicted octanol–water partition coefficient (Wildman–Crippen LogP) is 1.38. The first-order chi connectivity index (χ1) is 9.24. The summed E-state index contributed by atoms with van der Waals surface area (Å²) in [6.45, 7) is 0.526. The van der Waals surface area contributed by atoms with Crippen molar-refractivity contribution in [3.05, 3.63) is 60.0 Å². The summed E-state index contributed by atoms with van der Waals surface area (Å²) in [5.74, 6) is -0.574. The second kappa shape index (κ2) is 4.53. The van der Waals surface area contributed by atoms with Crippen LogP contribution in [0.2, 0.25) is 0 Å². The molecular formula is C14H11N4O. The van der Waals surface area contributed by atoms with E-state index in [0.29, 0.717) is 6.54 Å². The molecule has 1 aromatic carbocycles. The normalized spacial score (nSPS) is 10.7. The predicted molar refractivity (Wildman–Crippen MR) is 70.4 cm³/mol. The van der Waals surface area contributed by atoms with Gasteiger partial charge in [-0.3, -0.25) is 14.5 Å². The van der Waals surface area contributed by atoms with Crippen molar-refractivity contribution >= 4 is 16.8 Å². The molecule has 93 valence electrons. The Morgan fingerprint density at radius 3 is 2.95 bits per heavy atom. The maximum absolute atomic E-state index is 11.0. The SMILES string of the molecule is NC(=O)c1[c]cn(Cc2cccc3cccnc23)n1. The van der Waals surface area contributed by atoms with Crippen molar-refractivity contribution in [1.82, 2.24) is 14.8 Å². The van der Waals surface area contributed by atoms with Gasteiger partial charge in [0.2, 0.25) is 0 Å². The number of amides is 1. The second-order valence-corrected chi connectivity index (χ2v) is 4.18. The van der Waals surface area contributed by atoms with Gasteiger partial charge in [-0.15, -0.1) is 0 Å². The summed E-state index contributed by atoms with van der Waals surface area (Å²) >= 11 is 0. The largest absolute Gasteiger partial charge is 0.364 e. The zero-order valence-corrected chi connectivity index (χ0v) is 10.1.